The van der Waals surface area contributed by atoms with E-state index >= 15 is 0 Å². The zero-order chi connectivity index (χ0) is 32.5. The van der Waals surface area contributed by atoms with Crippen molar-refractivity contribution in [3.8, 4) is 22.8 Å². The fraction of sp³-hybridized carbons (Fsp3) is 0.452. The second-order valence-corrected chi connectivity index (χ2v) is 9.96. The molecule has 7 nitrogen and oxygen atoms in total. The van der Waals surface area contributed by atoms with Gasteiger partial charge < -0.3 is 18.8 Å². The number of fused-ring (bicyclic) bond motifs is 1. The van der Waals surface area contributed by atoms with Gasteiger partial charge in [0, 0.05) is 30.1 Å². The number of rotatable bonds is 18. The number of unbranched alkanes of at least 4 members (excludes halogenated alkanes) is 2. The van der Waals surface area contributed by atoms with Gasteiger partial charge >= 0.3 is 24.5 Å². The highest BCUT2D eigenvalue weighted by atomic mass is 19.3. The Morgan fingerprint density at radius 1 is 0.932 bits per heavy atom. The number of hydrogen-bond donors (Lipinski definition) is 0. The average molecular weight is 632 g/mol. The normalized spacial score (nSPS) is 12.4. The molecule has 0 fully saturated rings. The summed E-state index contributed by atoms with van der Waals surface area (Å²) in [5.41, 5.74) is 3.57. The van der Waals surface area contributed by atoms with Crippen LogP contribution < -0.4 is 9.47 Å². The maximum Gasteiger partial charge on any atom is 0.494 e. The Labute approximate surface area is 251 Å². The van der Waals surface area contributed by atoms with Gasteiger partial charge in [-0.2, -0.15) is 17.6 Å². The van der Waals surface area contributed by atoms with Crippen molar-refractivity contribution in [2.75, 3.05) is 20.3 Å². The van der Waals surface area contributed by atoms with Crippen LogP contribution in [-0.2, 0) is 32.5 Å². The first-order valence-electron chi connectivity index (χ1n) is 13.9. The molecule has 13 heteroatoms. The first kappa shape index (κ1) is 34.8. The minimum Gasteiger partial charge on any atom is -0.496 e. The lowest BCUT2D eigenvalue weighted by atomic mass is 10.0. The van der Waals surface area contributed by atoms with Gasteiger partial charge in [-0.25, -0.2) is 14.3 Å². The van der Waals surface area contributed by atoms with Gasteiger partial charge in [-0.3, -0.25) is 0 Å². The van der Waals surface area contributed by atoms with E-state index in [1.54, 1.807) is 19.2 Å². The van der Waals surface area contributed by atoms with Crippen molar-refractivity contribution < 1.29 is 54.8 Å². The summed E-state index contributed by atoms with van der Waals surface area (Å²) in [6.45, 7) is 3.37. The minimum atomic E-state index is -5.36. The number of ether oxygens (including phenoxy) is 5. The van der Waals surface area contributed by atoms with Gasteiger partial charge in [0.05, 0.1) is 44.4 Å². The molecule has 0 amide bonds. The Balaban J connectivity index is 1.62. The summed E-state index contributed by atoms with van der Waals surface area (Å²) < 4.78 is 106. The van der Waals surface area contributed by atoms with Gasteiger partial charge in [-0.15, -0.1) is 8.78 Å². The molecule has 0 saturated carbocycles. The lowest BCUT2D eigenvalue weighted by Gasteiger charge is -2.26. The molecule has 44 heavy (non-hydrogen) atoms. The predicted octanol–water partition coefficient (Wildman–Crippen LogP) is 8.24. The molecule has 0 spiro atoms. The van der Waals surface area contributed by atoms with Gasteiger partial charge in [0.15, 0.2) is 0 Å². The van der Waals surface area contributed by atoms with E-state index in [2.05, 4.69) is 33.8 Å². The van der Waals surface area contributed by atoms with Crippen LogP contribution >= 0.6 is 0 Å². The van der Waals surface area contributed by atoms with E-state index in [1.807, 2.05) is 29.8 Å². The first-order valence-corrected chi connectivity index (χ1v) is 13.9. The van der Waals surface area contributed by atoms with Gasteiger partial charge in [0.1, 0.15) is 11.5 Å². The summed E-state index contributed by atoms with van der Waals surface area (Å²) in [6, 6.07) is 12.8. The molecule has 0 radical (unpaired) electrons. The molecule has 1 heterocycles. The van der Waals surface area contributed by atoms with Crippen LogP contribution in [0.2, 0.25) is 0 Å². The molecule has 242 valence electrons. The number of alkyl halides is 6. The third kappa shape index (κ3) is 9.91. The number of aryl methyl sites for hydroxylation is 2. The summed E-state index contributed by atoms with van der Waals surface area (Å²) >= 11 is 0. The molecule has 0 N–H and O–H groups in total. The van der Waals surface area contributed by atoms with Crippen LogP contribution in [0.4, 0.5) is 26.3 Å². The van der Waals surface area contributed by atoms with E-state index in [-0.39, 0.29) is 5.75 Å². The number of aromatic nitrogens is 1. The van der Waals surface area contributed by atoms with E-state index in [1.165, 1.54) is 11.6 Å². The summed E-state index contributed by atoms with van der Waals surface area (Å²) in [7, 11) is 3.42. The molecule has 0 saturated heterocycles. The molecule has 0 bridgehead atoms. The van der Waals surface area contributed by atoms with Crippen LogP contribution in [-0.4, -0.2) is 49.4 Å². The van der Waals surface area contributed by atoms with Crippen molar-refractivity contribution >= 4 is 16.9 Å². The number of hydrogen-bond acceptors (Lipinski definition) is 6. The number of methoxy groups -OCH3 is 1. The zero-order valence-corrected chi connectivity index (χ0v) is 24.6. The van der Waals surface area contributed by atoms with Gasteiger partial charge in [0.2, 0.25) is 0 Å². The highest BCUT2D eigenvalue weighted by Crippen LogP contribution is 2.38. The lowest BCUT2D eigenvalue weighted by Crippen LogP contribution is -2.41. The smallest absolute Gasteiger partial charge is 0.494 e. The third-order valence-electron chi connectivity index (χ3n) is 6.63. The molecule has 3 rings (SSSR count). The van der Waals surface area contributed by atoms with Crippen molar-refractivity contribution in [3.05, 3.63) is 60.7 Å². The topological polar surface area (TPSA) is 68.2 Å². The summed E-state index contributed by atoms with van der Waals surface area (Å²) in [5, 5.41) is 0.828. The quantitative estimate of drug-likeness (QED) is 0.0463. The number of carbonyl (C=O) groups excluding carboxylic acids is 1. The second kappa shape index (κ2) is 14.8. The second-order valence-electron chi connectivity index (χ2n) is 9.96. The van der Waals surface area contributed by atoms with E-state index in [0.717, 1.165) is 42.3 Å². The van der Waals surface area contributed by atoms with E-state index in [4.69, 9.17) is 9.47 Å². The van der Waals surface area contributed by atoms with Crippen molar-refractivity contribution in [2.45, 2.75) is 64.0 Å². The first-order chi connectivity index (χ1) is 20.7. The highest BCUT2D eigenvalue weighted by Gasteiger charge is 2.52. The Morgan fingerprint density at radius 2 is 1.61 bits per heavy atom. The largest absolute Gasteiger partial charge is 0.496 e. The summed E-state index contributed by atoms with van der Waals surface area (Å²) in [6.07, 6.45) is -12.6. The molecule has 0 aliphatic rings. The van der Waals surface area contributed by atoms with Crippen molar-refractivity contribution in [3.63, 3.8) is 0 Å². The van der Waals surface area contributed by atoms with Crippen LogP contribution in [0.1, 0.15) is 44.6 Å². The number of carbonyl (C=O) groups is 1. The summed E-state index contributed by atoms with van der Waals surface area (Å²) in [5.74, 6) is -0.203. The number of esters is 1. The maximum absolute atomic E-state index is 14.1. The molecule has 3 aromatic rings. The third-order valence-corrected chi connectivity index (χ3v) is 6.63. The molecular formula is C31H35F6NO6. The van der Waals surface area contributed by atoms with Crippen molar-refractivity contribution in [1.29, 1.82) is 0 Å². The van der Waals surface area contributed by atoms with E-state index < -0.39 is 50.5 Å². The number of benzene rings is 2. The summed E-state index contributed by atoms with van der Waals surface area (Å²) in [4.78, 5) is 10.9. The SMILES string of the molecule is C=CC(=O)OCCC(F)(F)OC(F)(F)OC(F)(F)CCOc1ccc2cc(-c3ccc(CCCCC)cc3OC)n(C)c2c1. The maximum atomic E-state index is 14.1. The van der Waals surface area contributed by atoms with Crippen LogP contribution in [0.15, 0.2) is 55.1 Å². The standard InChI is InChI=1S/C31H35F6NO6/c1-5-7-8-9-21-10-13-24(27(18-21)40-4)26-19-22-11-12-23(20-25(22)38(26)3)41-16-14-29(32,33)43-31(36,37)44-30(34,35)15-17-42-28(39)6-2/h6,10-13,18-20H,2,5,7-9,14-17H2,1,3-4H3. The molecule has 1 aromatic heterocycles. The molecule has 0 unspecified atom stereocenters. The van der Waals surface area contributed by atoms with Gasteiger partial charge in [-0.1, -0.05) is 32.4 Å². The van der Waals surface area contributed by atoms with E-state index in [9.17, 15) is 31.1 Å². The van der Waals surface area contributed by atoms with E-state index in [0.29, 0.717) is 17.3 Å². The molecule has 0 atom stereocenters. The molecule has 2 aromatic carbocycles. The van der Waals surface area contributed by atoms with Crippen molar-refractivity contribution in [2.24, 2.45) is 7.05 Å². The molecule has 0 aliphatic heterocycles. The van der Waals surface area contributed by atoms with Crippen LogP contribution in [0.25, 0.3) is 22.2 Å². The van der Waals surface area contributed by atoms with Crippen LogP contribution in [0.3, 0.4) is 0 Å². The lowest BCUT2D eigenvalue weighted by molar-refractivity contribution is -0.514. The Hall–Kier alpha value is -3.71. The molecule has 0 aliphatic carbocycles. The average Bonchev–Trinajstić information content (AvgIpc) is 3.26. The zero-order valence-electron chi connectivity index (χ0n) is 24.6. The minimum absolute atomic E-state index is 0.169. The van der Waals surface area contributed by atoms with Crippen molar-refractivity contribution in [1.82, 2.24) is 4.57 Å². The Morgan fingerprint density at radius 3 is 2.25 bits per heavy atom. The Kier molecular flexibility index (Phi) is 11.7. The van der Waals surface area contributed by atoms with Gasteiger partial charge in [0.25, 0.3) is 0 Å². The Bertz CT molecular complexity index is 1420. The highest BCUT2D eigenvalue weighted by molar-refractivity contribution is 5.89. The van der Waals surface area contributed by atoms with Gasteiger partial charge in [-0.05, 0) is 48.7 Å². The predicted molar refractivity (Wildman–Crippen MR) is 151 cm³/mol. The fourth-order valence-corrected chi connectivity index (χ4v) is 4.43. The monoisotopic (exact) mass is 631 g/mol. The molecular weight excluding hydrogens is 596 g/mol. The number of nitrogens with zero attached hydrogens (tertiary/aromatic N) is 1. The number of halogens is 6. The fourth-order valence-electron chi connectivity index (χ4n) is 4.43. The van der Waals surface area contributed by atoms with Crippen LogP contribution in [0, 0.1) is 0 Å². The van der Waals surface area contributed by atoms with Crippen LogP contribution in [0.5, 0.6) is 11.5 Å².